The predicted octanol–water partition coefficient (Wildman–Crippen LogP) is 5.76. The Bertz CT molecular complexity index is 2060. The van der Waals surface area contributed by atoms with E-state index in [1.54, 1.807) is 41.2 Å². The maximum Gasteiger partial charge on any atom is 0.243 e. The second-order valence-electron chi connectivity index (χ2n) is 14.8. The molecular weight excluding hydrogens is 687 g/mol. The van der Waals surface area contributed by atoms with E-state index in [4.69, 9.17) is 4.74 Å². The maximum absolute atomic E-state index is 14.5. The van der Waals surface area contributed by atoms with Gasteiger partial charge in [-0.25, -0.2) is 18.4 Å². The molecule has 1 saturated heterocycles. The molecule has 13 heteroatoms. The lowest BCUT2D eigenvalue weighted by Crippen LogP contribution is -2.40. The van der Waals surface area contributed by atoms with Gasteiger partial charge in [-0.1, -0.05) is 62.4 Å². The van der Waals surface area contributed by atoms with Crippen molar-refractivity contribution in [1.29, 1.82) is 0 Å². The minimum absolute atomic E-state index is 0.0497. The Kier molecular flexibility index (Phi) is 10.4. The van der Waals surface area contributed by atoms with Crippen molar-refractivity contribution in [1.82, 2.24) is 19.2 Å². The summed E-state index contributed by atoms with van der Waals surface area (Å²) in [6.07, 6.45) is 1.78. The van der Waals surface area contributed by atoms with E-state index in [1.165, 1.54) is 22.6 Å². The summed E-state index contributed by atoms with van der Waals surface area (Å²) >= 11 is 1.33. The highest BCUT2D eigenvalue weighted by Gasteiger charge is 2.50. The Hall–Kier alpha value is -4.20. The number of fused-ring (bicyclic) bond motifs is 3. The third kappa shape index (κ3) is 8.00. The number of Topliss-reactive ketones (excluding diaryl/α,β-unsaturated/α-hetero) is 1. The molecule has 2 aliphatic heterocycles. The number of likely N-dealkylation sites (tertiary alicyclic amines) is 1. The monoisotopic (exact) mass is 731 g/mol. The van der Waals surface area contributed by atoms with Gasteiger partial charge in [0.25, 0.3) is 0 Å². The average Bonchev–Trinajstić information content (AvgIpc) is 3.79. The summed E-state index contributed by atoms with van der Waals surface area (Å²) in [7, 11) is -2.48. The Labute approximate surface area is 303 Å². The van der Waals surface area contributed by atoms with Crippen LogP contribution in [-0.2, 0) is 42.8 Å². The molecule has 0 N–H and O–H groups in total. The molecule has 1 spiro atoms. The number of rotatable bonds is 12. The fourth-order valence-electron chi connectivity index (χ4n) is 7.13. The molecule has 2 aromatic heterocycles. The zero-order chi connectivity index (χ0) is 36.6. The zero-order valence-corrected chi connectivity index (χ0v) is 31.5. The number of amides is 2. The van der Waals surface area contributed by atoms with Crippen LogP contribution < -0.4 is 9.64 Å². The van der Waals surface area contributed by atoms with Crippen molar-refractivity contribution in [3.63, 3.8) is 0 Å². The van der Waals surface area contributed by atoms with E-state index in [-0.39, 0.29) is 47.4 Å². The molecule has 0 aliphatic carbocycles. The number of nitrogens with zero attached hydrogens (tertiary/aromatic N) is 5. The van der Waals surface area contributed by atoms with Crippen molar-refractivity contribution in [2.45, 2.75) is 76.7 Å². The van der Waals surface area contributed by atoms with Crippen LogP contribution in [0.1, 0.15) is 69.5 Å². The lowest BCUT2D eigenvalue weighted by atomic mass is 9.81. The molecule has 1 atom stereocenters. The molecule has 0 bridgehead atoms. The average molecular weight is 732 g/mol. The van der Waals surface area contributed by atoms with E-state index in [0.717, 1.165) is 11.1 Å². The first-order chi connectivity index (χ1) is 24.2. The predicted molar refractivity (Wildman–Crippen MR) is 197 cm³/mol. The van der Waals surface area contributed by atoms with Crippen molar-refractivity contribution in [2.75, 3.05) is 38.2 Å². The molecule has 2 amide bonds. The summed E-state index contributed by atoms with van der Waals surface area (Å²) in [6.45, 7) is 9.15. The van der Waals surface area contributed by atoms with Crippen molar-refractivity contribution in [3.8, 4) is 5.88 Å². The first-order valence-electron chi connectivity index (χ1n) is 17.2. The number of hydrogen-bond donors (Lipinski definition) is 0. The molecule has 1 fully saturated rings. The molecule has 0 saturated carbocycles. The number of ether oxygens (including phenoxy) is 1. The molecule has 2 aromatic carbocycles. The first kappa shape index (κ1) is 36.6. The van der Waals surface area contributed by atoms with Crippen LogP contribution in [0.3, 0.4) is 0 Å². The second-order valence-corrected chi connectivity index (χ2v) is 17.8. The van der Waals surface area contributed by atoms with Crippen LogP contribution in [0, 0.1) is 5.41 Å². The van der Waals surface area contributed by atoms with Gasteiger partial charge in [-0.15, -0.1) is 0 Å². The van der Waals surface area contributed by atoms with Crippen molar-refractivity contribution in [2.24, 2.45) is 5.41 Å². The molecular formula is C38H45N5O6S2. The molecule has 11 nitrogen and oxygen atoms in total. The van der Waals surface area contributed by atoms with E-state index < -0.39 is 15.4 Å². The van der Waals surface area contributed by atoms with E-state index in [9.17, 15) is 22.8 Å². The van der Waals surface area contributed by atoms with E-state index in [1.807, 2.05) is 57.2 Å². The number of thiazole rings is 1. The summed E-state index contributed by atoms with van der Waals surface area (Å²) in [5.41, 5.74) is 2.16. The van der Waals surface area contributed by atoms with Gasteiger partial charge in [0.1, 0.15) is 21.1 Å². The van der Waals surface area contributed by atoms with Gasteiger partial charge in [-0.05, 0) is 53.6 Å². The van der Waals surface area contributed by atoms with Gasteiger partial charge >= 0.3 is 0 Å². The van der Waals surface area contributed by atoms with Crippen molar-refractivity contribution < 1.29 is 27.5 Å². The Morgan fingerprint density at radius 3 is 2.47 bits per heavy atom. The zero-order valence-electron chi connectivity index (χ0n) is 29.8. The number of ketones is 1. The summed E-state index contributed by atoms with van der Waals surface area (Å²) in [5.74, 6) is 0.357. The fourth-order valence-corrected chi connectivity index (χ4v) is 9.54. The minimum Gasteiger partial charge on any atom is -0.481 e. The number of methoxy groups -OCH3 is 1. The van der Waals surface area contributed by atoms with Crippen LogP contribution >= 0.6 is 11.3 Å². The maximum atomic E-state index is 14.5. The number of carbonyl (C=O) groups is 3. The van der Waals surface area contributed by atoms with Gasteiger partial charge < -0.3 is 14.5 Å². The first-order valence-corrected chi connectivity index (χ1v) is 19.5. The third-order valence-electron chi connectivity index (χ3n) is 9.61. The normalized spacial score (nSPS) is 17.5. The Morgan fingerprint density at radius 1 is 1.02 bits per heavy atom. The molecule has 4 aromatic rings. The van der Waals surface area contributed by atoms with Crippen LogP contribution in [-0.4, -0.2) is 78.5 Å². The number of aromatic nitrogens is 2. The summed E-state index contributed by atoms with van der Waals surface area (Å²) in [4.78, 5) is 52.6. The molecule has 270 valence electrons. The summed E-state index contributed by atoms with van der Waals surface area (Å²) in [5, 5.41) is 0.617. The molecule has 0 radical (unpaired) electrons. The van der Waals surface area contributed by atoms with Crippen molar-refractivity contribution in [3.05, 3.63) is 76.8 Å². The number of anilines is 1. The number of pyridine rings is 1. The van der Waals surface area contributed by atoms with Gasteiger partial charge in [-0.2, -0.15) is 4.31 Å². The number of benzene rings is 2. The van der Waals surface area contributed by atoms with Gasteiger partial charge in [0, 0.05) is 69.7 Å². The SMILES string of the molecule is COc1ccc2nc(CC(=O)N3CC4(CCN(C(C)=O)C4)c4cc(S(=O)(=O)N(CCCC(=O)CC(C)(C)C)Cc5ccccc5)ccc43)sc2n1. The highest BCUT2D eigenvalue weighted by atomic mass is 32.2. The fraction of sp³-hybridized carbons (Fsp3) is 0.447. The minimum atomic E-state index is -4.02. The molecule has 6 rings (SSSR count). The van der Waals surface area contributed by atoms with Crippen molar-refractivity contribution >= 4 is 55.0 Å². The molecule has 51 heavy (non-hydrogen) atoms. The Morgan fingerprint density at radius 2 is 1.78 bits per heavy atom. The molecule has 1 unspecified atom stereocenters. The van der Waals surface area contributed by atoms with Gasteiger partial charge in [-0.3, -0.25) is 14.4 Å². The van der Waals surface area contributed by atoms with Crippen LogP contribution in [0.5, 0.6) is 5.88 Å². The number of carbonyl (C=O) groups excluding carboxylic acids is 3. The Balaban J connectivity index is 1.31. The highest BCUT2D eigenvalue weighted by molar-refractivity contribution is 7.89. The van der Waals surface area contributed by atoms with Gasteiger partial charge in [0.15, 0.2) is 0 Å². The highest BCUT2D eigenvalue weighted by Crippen LogP contribution is 2.48. The van der Waals surface area contributed by atoms with Crippen LogP contribution in [0.25, 0.3) is 10.3 Å². The van der Waals surface area contributed by atoms with E-state index >= 15 is 0 Å². The summed E-state index contributed by atoms with van der Waals surface area (Å²) < 4.78 is 35.6. The van der Waals surface area contributed by atoms with Crippen LogP contribution in [0.4, 0.5) is 5.69 Å². The number of sulfonamides is 1. The van der Waals surface area contributed by atoms with E-state index in [0.29, 0.717) is 72.2 Å². The second kappa shape index (κ2) is 14.4. The lowest BCUT2D eigenvalue weighted by Gasteiger charge is -2.26. The lowest BCUT2D eigenvalue weighted by molar-refractivity contribution is -0.128. The molecule has 4 heterocycles. The largest absolute Gasteiger partial charge is 0.481 e. The summed E-state index contributed by atoms with van der Waals surface area (Å²) in [6, 6.07) is 18.0. The van der Waals surface area contributed by atoms with Gasteiger partial charge in [0.2, 0.25) is 27.7 Å². The molecule has 2 aliphatic rings. The van der Waals surface area contributed by atoms with Crippen LogP contribution in [0.15, 0.2) is 65.6 Å². The van der Waals surface area contributed by atoms with Gasteiger partial charge in [0.05, 0.1) is 18.4 Å². The standard InChI is InChI=1S/C38H45N5O6S2/c1-26(44)41-19-17-38(24-41)25-43(35(46)21-34-39-31-14-16-33(49-5)40-36(31)50-34)32-15-13-29(20-30(32)38)51(47,48)42(23-27-10-7-6-8-11-27)18-9-12-28(45)22-37(2,3)4/h6-8,10-11,13-16,20H,9,12,17-19,21-25H2,1-5H3. The smallest absolute Gasteiger partial charge is 0.243 e. The quantitative estimate of drug-likeness (QED) is 0.180. The number of hydrogen-bond acceptors (Lipinski definition) is 9. The third-order valence-corrected chi connectivity index (χ3v) is 12.4. The topological polar surface area (TPSA) is 130 Å². The van der Waals surface area contributed by atoms with Crippen LogP contribution in [0.2, 0.25) is 0 Å². The van der Waals surface area contributed by atoms with E-state index in [2.05, 4.69) is 9.97 Å².